The molecule has 31 heavy (non-hydrogen) atoms. The summed E-state index contributed by atoms with van der Waals surface area (Å²) < 4.78 is 0. The zero-order valence-corrected chi connectivity index (χ0v) is 19.0. The summed E-state index contributed by atoms with van der Waals surface area (Å²) in [5.74, 6) is -3.85. The number of amides is 5. The van der Waals surface area contributed by atoms with Gasteiger partial charge in [0.1, 0.15) is 5.75 Å². The van der Waals surface area contributed by atoms with Gasteiger partial charge in [0.25, 0.3) is 23.6 Å². The van der Waals surface area contributed by atoms with E-state index >= 15 is 0 Å². The van der Waals surface area contributed by atoms with Crippen LogP contribution in [0.1, 0.15) is 40.5 Å². The van der Waals surface area contributed by atoms with E-state index in [9.17, 15) is 33.6 Å². The minimum atomic E-state index is -0.670. The molecule has 2 rings (SSSR count). The molecule has 2 fully saturated rings. The molecule has 2 unspecified atom stereocenters. The van der Waals surface area contributed by atoms with Gasteiger partial charge in [0, 0.05) is 38.5 Å². The van der Waals surface area contributed by atoms with Gasteiger partial charge in [-0.05, 0) is 0 Å². The van der Waals surface area contributed by atoms with Crippen LogP contribution in [0.5, 0.6) is 0 Å². The summed E-state index contributed by atoms with van der Waals surface area (Å²) in [6.45, 7) is 5.75. The molecule has 5 amide bonds. The molecule has 0 aromatic carbocycles. The number of carbonyl (C=O) groups is 7. The van der Waals surface area contributed by atoms with Crippen LogP contribution in [-0.2, 0) is 43.2 Å². The standard InChI is InChI=1S/C10H14N2O5S2.C7H9NO4/c1-6-3-8(14)12(10(6)16)17-9(15)4-18-19-5-11-7(2)13;1-4-3-6(10)8(7(4)11)12-5(2)9/h6H,3-5H2,1-2H3,(H,11,13);4H,3H2,1-2H3. The summed E-state index contributed by atoms with van der Waals surface area (Å²) in [6, 6.07) is 0. The van der Waals surface area contributed by atoms with Gasteiger partial charge in [-0.1, -0.05) is 35.4 Å². The van der Waals surface area contributed by atoms with Crippen molar-refractivity contribution in [2.75, 3.05) is 11.6 Å². The molecule has 2 atom stereocenters. The van der Waals surface area contributed by atoms with Gasteiger partial charge < -0.3 is 15.0 Å². The van der Waals surface area contributed by atoms with Crippen molar-refractivity contribution in [1.29, 1.82) is 0 Å². The Morgan fingerprint density at radius 3 is 1.77 bits per heavy atom. The fraction of sp³-hybridized carbons (Fsp3) is 0.588. The van der Waals surface area contributed by atoms with Crippen LogP contribution >= 0.6 is 21.6 Å². The number of rotatable bonds is 7. The molecule has 1 N–H and O–H groups in total. The lowest BCUT2D eigenvalue weighted by molar-refractivity contribution is -0.196. The molecule has 0 aromatic rings. The van der Waals surface area contributed by atoms with Gasteiger partial charge in [0.15, 0.2) is 0 Å². The molecule has 2 aliphatic heterocycles. The van der Waals surface area contributed by atoms with E-state index in [1.807, 2.05) is 0 Å². The summed E-state index contributed by atoms with van der Waals surface area (Å²) in [4.78, 5) is 86.4. The topological polar surface area (TPSA) is 156 Å². The minimum absolute atomic E-state index is 0.0182. The van der Waals surface area contributed by atoms with Crippen molar-refractivity contribution in [3.63, 3.8) is 0 Å². The van der Waals surface area contributed by atoms with Crippen LogP contribution in [-0.4, -0.2) is 63.2 Å². The Bertz CT molecular complexity index is 774. The van der Waals surface area contributed by atoms with E-state index < -0.39 is 41.5 Å². The van der Waals surface area contributed by atoms with Crippen LogP contribution in [0.4, 0.5) is 0 Å². The van der Waals surface area contributed by atoms with E-state index in [1.165, 1.54) is 28.5 Å². The molecular formula is C17H23N3O9S2. The fourth-order valence-corrected chi connectivity index (χ4v) is 3.76. The van der Waals surface area contributed by atoms with Crippen molar-refractivity contribution >= 4 is 63.1 Å². The second-order valence-electron chi connectivity index (χ2n) is 6.57. The number of hydrogen-bond donors (Lipinski definition) is 1. The van der Waals surface area contributed by atoms with Crippen molar-refractivity contribution in [2.45, 2.75) is 40.5 Å². The van der Waals surface area contributed by atoms with Crippen LogP contribution in [0.3, 0.4) is 0 Å². The lowest BCUT2D eigenvalue weighted by Crippen LogP contribution is -2.33. The molecule has 14 heteroatoms. The fourth-order valence-electron chi connectivity index (χ4n) is 2.22. The third kappa shape index (κ3) is 8.57. The predicted molar refractivity (Wildman–Crippen MR) is 108 cm³/mol. The molecule has 2 aliphatic rings. The number of nitrogens with one attached hydrogen (secondary N) is 1. The normalized spacial score (nSPS) is 20.4. The molecule has 172 valence electrons. The van der Waals surface area contributed by atoms with Crippen LogP contribution in [0.25, 0.3) is 0 Å². The Morgan fingerprint density at radius 1 is 0.903 bits per heavy atom. The molecule has 12 nitrogen and oxygen atoms in total. The maximum absolute atomic E-state index is 11.5. The molecule has 0 saturated carbocycles. The van der Waals surface area contributed by atoms with E-state index in [0.717, 1.165) is 6.92 Å². The van der Waals surface area contributed by atoms with Gasteiger partial charge in [-0.3, -0.25) is 24.0 Å². The molecular weight excluding hydrogens is 454 g/mol. The quantitative estimate of drug-likeness (QED) is 0.231. The Morgan fingerprint density at radius 2 is 1.39 bits per heavy atom. The molecule has 0 aromatic heterocycles. The average Bonchev–Trinajstić information content (AvgIpc) is 3.04. The van der Waals surface area contributed by atoms with Gasteiger partial charge in [0.05, 0.1) is 5.88 Å². The Balaban J connectivity index is 0.000000343. The van der Waals surface area contributed by atoms with Gasteiger partial charge in [-0.2, -0.15) is 0 Å². The summed E-state index contributed by atoms with van der Waals surface area (Å²) in [7, 11) is 2.43. The molecule has 0 aliphatic carbocycles. The smallest absolute Gasteiger partial charge is 0.343 e. The second-order valence-corrected chi connectivity index (χ2v) is 9.03. The van der Waals surface area contributed by atoms with Gasteiger partial charge in [0.2, 0.25) is 5.91 Å². The van der Waals surface area contributed by atoms with Gasteiger partial charge >= 0.3 is 11.9 Å². The molecule has 0 radical (unpaired) electrons. The second kappa shape index (κ2) is 12.3. The van der Waals surface area contributed by atoms with Crippen molar-refractivity contribution in [3.8, 4) is 0 Å². The highest BCUT2D eigenvalue weighted by Crippen LogP contribution is 2.22. The third-order valence-corrected chi connectivity index (χ3v) is 5.70. The number of hydrogen-bond acceptors (Lipinski definition) is 11. The lowest BCUT2D eigenvalue weighted by atomic mass is 10.1. The van der Waals surface area contributed by atoms with Crippen LogP contribution in [0.15, 0.2) is 0 Å². The first kappa shape index (κ1) is 26.4. The third-order valence-electron chi connectivity index (χ3n) is 3.71. The van der Waals surface area contributed by atoms with Gasteiger partial charge in [-0.25, -0.2) is 9.59 Å². The van der Waals surface area contributed by atoms with Crippen LogP contribution in [0.2, 0.25) is 0 Å². The SMILES string of the molecule is CC(=O)NCSSCC(=O)ON1C(=O)CC(C)C1=O.CC(=O)ON1C(=O)CC(C)C1=O. The molecule has 0 bridgehead atoms. The summed E-state index contributed by atoms with van der Waals surface area (Å²) in [6.07, 6.45) is 0.183. The van der Waals surface area contributed by atoms with Gasteiger partial charge in [-0.15, -0.1) is 10.1 Å². The average molecular weight is 478 g/mol. The van der Waals surface area contributed by atoms with Crippen molar-refractivity contribution in [2.24, 2.45) is 11.8 Å². The zero-order chi connectivity index (χ0) is 23.7. The van der Waals surface area contributed by atoms with E-state index in [-0.39, 0.29) is 30.4 Å². The number of nitrogens with zero attached hydrogens (tertiary/aromatic N) is 2. The summed E-state index contributed by atoms with van der Waals surface area (Å²) in [5, 5.41) is 3.61. The number of imide groups is 2. The first-order chi connectivity index (χ1) is 14.4. The summed E-state index contributed by atoms with van der Waals surface area (Å²) in [5.41, 5.74) is 0. The van der Waals surface area contributed by atoms with Crippen molar-refractivity contribution < 1.29 is 43.2 Å². The van der Waals surface area contributed by atoms with Crippen LogP contribution < -0.4 is 5.32 Å². The Labute approximate surface area is 186 Å². The highest BCUT2D eigenvalue weighted by molar-refractivity contribution is 8.76. The molecule has 2 saturated heterocycles. The first-order valence-electron chi connectivity index (χ1n) is 9.05. The molecule has 2 heterocycles. The number of carbonyl (C=O) groups excluding carboxylic acids is 7. The monoisotopic (exact) mass is 477 g/mol. The van der Waals surface area contributed by atoms with Crippen molar-refractivity contribution in [3.05, 3.63) is 0 Å². The van der Waals surface area contributed by atoms with Crippen molar-refractivity contribution in [1.82, 2.24) is 15.4 Å². The summed E-state index contributed by atoms with van der Waals surface area (Å²) >= 11 is 0. The Hall–Kier alpha value is -2.61. The predicted octanol–water partition coefficient (Wildman–Crippen LogP) is 0.174. The maximum Gasteiger partial charge on any atom is 0.343 e. The first-order valence-corrected chi connectivity index (χ1v) is 11.5. The van der Waals surface area contributed by atoms with E-state index in [4.69, 9.17) is 4.84 Å². The zero-order valence-electron chi connectivity index (χ0n) is 17.4. The van der Waals surface area contributed by atoms with E-state index in [2.05, 4.69) is 10.2 Å². The highest BCUT2D eigenvalue weighted by Gasteiger charge is 2.39. The Kier molecular flexibility index (Phi) is 10.5. The van der Waals surface area contributed by atoms with Crippen LogP contribution in [0, 0.1) is 11.8 Å². The molecule has 0 spiro atoms. The van der Waals surface area contributed by atoms with E-state index in [1.54, 1.807) is 13.8 Å². The lowest BCUT2D eigenvalue weighted by Gasteiger charge is -2.12. The van der Waals surface area contributed by atoms with E-state index in [0.29, 0.717) is 16.0 Å². The minimum Gasteiger partial charge on any atom is -0.346 e. The number of hydroxylamine groups is 4. The highest BCUT2D eigenvalue weighted by atomic mass is 33.1. The maximum atomic E-state index is 11.5. The largest absolute Gasteiger partial charge is 0.346 e.